The van der Waals surface area contributed by atoms with Crippen LogP contribution in [0.4, 0.5) is 0 Å². The van der Waals surface area contributed by atoms with Crippen molar-refractivity contribution in [3.05, 3.63) is 58.6 Å². The summed E-state index contributed by atoms with van der Waals surface area (Å²) >= 11 is 1.80. The van der Waals surface area contributed by atoms with Gasteiger partial charge in [-0.1, -0.05) is 17.2 Å². The third-order valence-electron chi connectivity index (χ3n) is 3.84. The summed E-state index contributed by atoms with van der Waals surface area (Å²) in [5.41, 5.74) is 6.75. The van der Waals surface area contributed by atoms with Crippen molar-refractivity contribution in [2.75, 3.05) is 0 Å². The van der Waals surface area contributed by atoms with Gasteiger partial charge in [-0.2, -0.15) is 0 Å². The Kier molecular flexibility index (Phi) is 2.98. The summed E-state index contributed by atoms with van der Waals surface area (Å²) in [6.45, 7) is 6.41. The van der Waals surface area contributed by atoms with E-state index < -0.39 is 0 Å². The SMILES string of the molecule is Cc1cc(C)cc(-c2nc3cccnc3c3cc(C)sc23)c1. The minimum atomic E-state index is 0.960. The summed E-state index contributed by atoms with van der Waals surface area (Å²) in [5.74, 6) is 0. The molecule has 3 heteroatoms. The van der Waals surface area contributed by atoms with Crippen molar-refractivity contribution in [1.82, 2.24) is 9.97 Å². The molecule has 0 saturated carbocycles. The molecule has 3 heterocycles. The number of hydrogen-bond acceptors (Lipinski definition) is 3. The van der Waals surface area contributed by atoms with Crippen LogP contribution in [0.1, 0.15) is 16.0 Å². The first kappa shape index (κ1) is 13.4. The largest absolute Gasteiger partial charge is 0.254 e. The number of hydrogen-bond donors (Lipinski definition) is 0. The first-order valence-corrected chi connectivity index (χ1v) is 8.17. The number of aryl methyl sites for hydroxylation is 3. The fraction of sp³-hybridized carbons (Fsp3) is 0.158. The monoisotopic (exact) mass is 304 g/mol. The van der Waals surface area contributed by atoms with Gasteiger partial charge >= 0.3 is 0 Å². The zero-order valence-electron chi connectivity index (χ0n) is 12.8. The predicted octanol–water partition coefficient (Wildman–Crippen LogP) is 5.44. The molecule has 0 aliphatic heterocycles. The van der Waals surface area contributed by atoms with Crippen LogP contribution in [0.2, 0.25) is 0 Å². The lowest BCUT2D eigenvalue weighted by atomic mass is 10.0. The van der Waals surface area contributed by atoms with E-state index in [2.05, 4.69) is 50.0 Å². The molecular weight excluding hydrogens is 288 g/mol. The standard InChI is InChI=1S/C19H16N2S/c1-11-7-12(2)9-14(8-11)17-19-15(10-13(3)22-19)18-16(21-17)5-4-6-20-18/h4-10H,1-3H3. The zero-order chi connectivity index (χ0) is 15.3. The van der Waals surface area contributed by atoms with Crippen molar-refractivity contribution in [1.29, 1.82) is 0 Å². The van der Waals surface area contributed by atoms with Crippen molar-refractivity contribution in [2.24, 2.45) is 0 Å². The number of thiophene rings is 1. The van der Waals surface area contributed by atoms with Gasteiger partial charge < -0.3 is 0 Å². The van der Waals surface area contributed by atoms with Crippen molar-refractivity contribution < 1.29 is 0 Å². The molecule has 0 amide bonds. The van der Waals surface area contributed by atoms with Gasteiger partial charge in [-0.05, 0) is 51.1 Å². The van der Waals surface area contributed by atoms with Crippen LogP contribution in [0.25, 0.3) is 32.4 Å². The van der Waals surface area contributed by atoms with Gasteiger partial charge in [-0.15, -0.1) is 11.3 Å². The van der Waals surface area contributed by atoms with Crippen LogP contribution in [0.5, 0.6) is 0 Å². The molecule has 0 atom stereocenters. The summed E-state index contributed by atoms with van der Waals surface area (Å²) in [5, 5.41) is 1.21. The molecule has 0 saturated heterocycles. The van der Waals surface area contributed by atoms with Gasteiger partial charge in [0.05, 0.1) is 21.4 Å². The lowest BCUT2D eigenvalue weighted by molar-refractivity contribution is 1.34. The summed E-state index contributed by atoms with van der Waals surface area (Å²) in [6, 6.07) is 12.8. The molecule has 0 spiro atoms. The summed E-state index contributed by atoms with van der Waals surface area (Å²) in [6.07, 6.45) is 1.84. The Bertz CT molecular complexity index is 994. The molecule has 0 unspecified atom stereocenters. The number of benzene rings is 1. The summed E-state index contributed by atoms with van der Waals surface area (Å²) < 4.78 is 1.23. The van der Waals surface area contributed by atoms with Crippen molar-refractivity contribution in [3.63, 3.8) is 0 Å². The second-order valence-corrected chi connectivity index (χ2v) is 7.06. The van der Waals surface area contributed by atoms with E-state index in [-0.39, 0.29) is 0 Å². The molecule has 0 aliphatic carbocycles. The minimum absolute atomic E-state index is 0.960. The van der Waals surface area contributed by atoms with Crippen LogP contribution >= 0.6 is 11.3 Å². The third kappa shape index (κ3) is 2.09. The average Bonchev–Trinajstić information content (AvgIpc) is 2.87. The normalized spacial score (nSPS) is 11.4. The molecule has 0 bridgehead atoms. The Morgan fingerprint density at radius 1 is 0.955 bits per heavy atom. The van der Waals surface area contributed by atoms with Crippen molar-refractivity contribution in [2.45, 2.75) is 20.8 Å². The Hall–Kier alpha value is -2.26. The van der Waals surface area contributed by atoms with Crippen LogP contribution in [0, 0.1) is 20.8 Å². The van der Waals surface area contributed by atoms with Crippen LogP contribution in [0.15, 0.2) is 42.6 Å². The first-order chi connectivity index (χ1) is 10.6. The highest BCUT2D eigenvalue weighted by Gasteiger charge is 2.14. The van der Waals surface area contributed by atoms with Gasteiger partial charge in [0.15, 0.2) is 0 Å². The second-order valence-electron chi connectivity index (χ2n) is 5.81. The Labute approximate surface area is 133 Å². The second kappa shape index (κ2) is 4.89. The summed E-state index contributed by atoms with van der Waals surface area (Å²) in [4.78, 5) is 10.7. The van der Waals surface area contributed by atoms with E-state index >= 15 is 0 Å². The molecule has 0 radical (unpaired) electrons. The lowest BCUT2D eigenvalue weighted by Crippen LogP contribution is -1.90. The Balaban J connectivity index is 2.15. The topological polar surface area (TPSA) is 25.8 Å². The molecular formula is C19H16N2S. The molecule has 108 valence electrons. The van der Waals surface area contributed by atoms with E-state index in [1.807, 2.05) is 18.3 Å². The first-order valence-electron chi connectivity index (χ1n) is 7.35. The fourth-order valence-corrected chi connectivity index (χ4v) is 4.06. The summed E-state index contributed by atoms with van der Waals surface area (Å²) in [7, 11) is 0. The van der Waals surface area contributed by atoms with E-state index in [9.17, 15) is 0 Å². The Morgan fingerprint density at radius 2 is 1.73 bits per heavy atom. The molecule has 4 rings (SSSR count). The maximum absolute atomic E-state index is 4.92. The van der Waals surface area contributed by atoms with Crippen LogP contribution in [-0.4, -0.2) is 9.97 Å². The van der Waals surface area contributed by atoms with Gasteiger partial charge in [-0.3, -0.25) is 4.98 Å². The van der Waals surface area contributed by atoms with Gasteiger partial charge in [0, 0.05) is 22.0 Å². The van der Waals surface area contributed by atoms with E-state index in [0.29, 0.717) is 0 Å². The van der Waals surface area contributed by atoms with Gasteiger partial charge in [-0.25, -0.2) is 4.98 Å². The maximum Gasteiger partial charge on any atom is 0.0974 e. The van der Waals surface area contributed by atoms with Crippen molar-refractivity contribution >= 4 is 32.5 Å². The molecule has 0 fully saturated rings. The molecule has 3 aromatic heterocycles. The Morgan fingerprint density at radius 3 is 2.50 bits per heavy atom. The van der Waals surface area contributed by atoms with E-state index in [4.69, 9.17) is 4.98 Å². The highest BCUT2D eigenvalue weighted by molar-refractivity contribution is 7.19. The van der Waals surface area contributed by atoms with Gasteiger partial charge in [0.25, 0.3) is 0 Å². The van der Waals surface area contributed by atoms with Gasteiger partial charge in [0.2, 0.25) is 0 Å². The van der Waals surface area contributed by atoms with E-state index in [0.717, 1.165) is 16.7 Å². The molecule has 0 aliphatic rings. The van der Waals surface area contributed by atoms with Crippen LogP contribution < -0.4 is 0 Å². The van der Waals surface area contributed by atoms with E-state index in [1.165, 1.54) is 31.7 Å². The number of pyridine rings is 2. The lowest BCUT2D eigenvalue weighted by Gasteiger charge is -2.08. The average molecular weight is 304 g/mol. The highest BCUT2D eigenvalue weighted by atomic mass is 32.1. The smallest absolute Gasteiger partial charge is 0.0974 e. The third-order valence-corrected chi connectivity index (χ3v) is 4.90. The number of fused-ring (bicyclic) bond motifs is 3. The molecule has 22 heavy (non-hydrogen) atoms. The minimum Gasteiger partial charge on any atom is -0.254 e. The maximum atomic E-state index is 4.92. The van der Waals surface area contributed by atoms with Crippen molar-refractivity contribution in [3.8, 4) is 11.3 Å². The van der Waals surface area contributed by atoms with E-state index in [1.54, 1.807) is 11.3 Å². The molecule has 4 aromatic rings. The highest BCUT2D eigenvalue weighted by Crippen LogP contribution is 2.37. The fourth-order valence-electron chi connectivity index (χ4n) is 3.04. The zero-order valence-corrected chi connectivity index (χ0v) is 13.7. The van der Waals surface area contributed by atoms with Crippen LogP contribution in [0.3, 0.4) is 0 Å². The molecule has 1 aromatic carbocycles. The quantitative estimate of drug-likeness (QED) is 0.468. The predicted molar refractivity (Wildman–Crippen MR) is 94.6 cm³/mol. The number of aromatic nitrogens is 2. The molecule has 2 nitrogen and oxygen atoms in total. The number of nitrogens with zero attached hydrogens (tertiary/aromatic N) is 2. The van der Waals surface area contributed by atoms with Crippen LogP contribution in [-0.2, 0) is 0 Å². The number of rotatable bonds is 1. The molecule has 0 N–H and O–H groups in total. The van der Waals surface area contributed by atoms with Gasteiger partial charge in [0.1, 0.15) is 0 Å².